The Morgan fingerprint density at radius 1 is 1.00 bits per heavy atom. The maximum absolute atomic E-state index is 12.5. The molecule has 0 aliphatic heterocycles. The molecule has 1 aromatic carbocycles. The Kier molecular flexibility index (Phi) is 2.84. The van der Waals surface area contributed by atoms with E-state index in [9.17, 15) is 13.2 Å². The first kappa shape index (κ1) is 12.3. The van der Waals surface area contributed by atoms with Crippen LogP contribution >= 0.6 is 0 Å². The van der Waals surface area contributed by atoms with E-state index in [1.807, 2.05) is 12.1 Å². The van der Waals surface area contributed by atoms with Crippen molar-refractivity contribution < 1.29 is 17.7 Å². The second-order valence-electron chi connectivity index (χ2n) is 4.76. The summed E-state index contributed by atoms with van der Waals surface area (Å²) in [5, 5.41) is 3.08. The highest BCUT2D eigenvalue weighted by Crippen LogP contribution is 2.33. The van der Waals surface area contributed by atoms with Crippen LogP contribution in [0.5, 0.6) is 0 Å². The lowest BCUT2D eigenvalue weighted by molar-refractivity contribution is -0.142. The van der Waals surface area contributed by atoms with Crippen molar-refractivity contribution in [3.05, 3.63) is 41.1 Å². The van der Waals surface area contributed by atoms with E-state index < -0.39 is 11.9 Å². The van der Waals surface area contributed by atoms with Crippen molar-refractivity contribution in [1.29, 1.82) is 0 Å². The topological polar surface area (TPSA) is 26.0 Å². The smallest absolute Gasteiger partial charge is 0.356 e. The fourth-order valence-corrected chi connectivity index (χ4v) is 2.43. The van der Waals surface area contributed by atoms with Gasteiger partial charge in [-0.2, -0.15) is 13.2 Å². The third-order valence-corrected chi connectivity index (χ3v) is 3.43. The average Bonchev–Trinajstić information content (AvgIpc) is 2.87. The SMILES string of the molecule is FC(F)(F)c1cc(-c2ccc3c(c2)CCCC3)on1. The average molecular weight is 267 g/mol. The van der Waals surface area contributed by atoms with Gasteiger partial charge in [-0.1, -0.05) is 17.3 Å². The molecule has 1 heterocycles. The van der Waals surface area contributed by atoms with Crippen LogP contribution in [0.3, 0.4) is 0 Å². The van der Waals surface area contributed by atoms with Crippen molar-refractivity contribution in [2.45, 2.75) is 31.9 Å². The van der Waals surface area contributed by atoms with Gasteiger partial charge in [0, 0.05) is 11.6 Å². The van der Waals surface area contributed by atoms with Gasteiger partial charge in [0.05, 0.1) is 0 Å². The molecule has 19 heavy (non-hydrogen) atoms. The first-order chi connectivity index (χ1) is 9.04. The molecule has 100 valence electrons. The molecular weight excluding hydrogens is 255 g/mol. The molecule has 2 nitrogen and oxygen atoms in total. The Morgan fingerprint density at radius 3 is 2.42 bits per heavy atom. The summed E-state index contributed by atoms with van der Waals surface area (Å²) >= 11 is 0. The molecular formula is C14H12F3NO. The largest absolute Gasteiger partial charge is 0.436 e. The summed E-state index contributed by atoms with van der Waals surface area (Å²) < 4.78 is 42.2. The molecule has 1 aromatic heterocycles. The van der Waals surface area contributed by atoms with Crippen LogP contribution in [0.2, 0.25) is 0 Å². The predicted molar refractivity (Wildman–Crippen MR) is 63.6 cm³/mol. The molecule has 0 spiro atoms. The molecule has 0 radical (unpaired) electrons. The quantitative estimate of drug-likeness (QED) is 0.772. The molecule has 0 unspecified atom stereocenters. The van der Waals surface area contributed by atoms with Crippen LogP contribution < -0.4 is 0 Å². The van der Waals surface area contributed by atoms with Crippen LogP contribution in [0.15, 0.2) is 28.8 Å². The van der Waals surface area contributed by atoms with E-state index in [4.69, 9.17) is 4.52 Å². The van der Waals surface area contributed by atoms with Gasteiger partial charge in [0.15, 0.2) is 11.5 Å². The highest BCUT2D eigenvalue weighted by molar-refractivity contribution is 5.60. The van der Waals surface area contributed by atoms with Crippen molar-refractivity contribution in [3.8, 4) is 11.3 Å². The lowest BCUT2D eigenvalue weighted by Crippen LogP contribution is -2.04. The molecule has 0 saturated carbocycles. The monoisotopic (exact) mass is 267 g/mol. The third-order valence-electron chi connectivity index (χ3n) is 3.43. The van der Waals surface area contributed by atoms with E-state index in [0.717, 1.165) is 25.3 Å². The van der Waals surface area contributed by atoms with Crippen LogP contribution in [0, 0.1) is 0 Å². The number of hydrogen-bond donors (Lipinski definition) is 0. The first-order valence-electron chi connectivity index (χ1n) is 6.20. The number of benzene rings is 1. The van der Waals surface area contributed by atoms with E-state index >= 15 is 0 Å². The number of rotatable bonds is 1. The molecule has 0 bridgehead atoms. The lowest BCUT2D eigenvalue weighted by atomic mass is 9.90. The highest BCUT2D eigenvalue weighted by atomic mass is 19.4. The Labute approximate surface area is 108 Å². The zero-order valence-corrected chi connectivity index (χ0v) is 10.1. The number of halogens is 3. The van der Waals surface area contributed by atoms with Crippen molar-refractivity contribution in [1.82, 2.24) is 5.16 Å². The summed E-state index contributed by atoms with van der Waals surface area (Å²) in [6, 6.07) is 6.63. The molecule has 3 rings (SSSR count). The van der Waals surface area contributed by atoms with Crippen LogP contribution in [-0.4, -0.2) is 5.16 Å². The van der Waals surface area contributed by atoms with Gasteiger partial charge >= 0.3 is 6.18 Å². The van der Waals surface area contributed by atoms with Gasteiger partial charge < -0.3 is 4.52 Å². The maximum Gasteiger partial charge on any atom is 0.436 e. The van der Waals surface area contributed by atoms with Crippen LogP contribution in [0.1, 0.15) is 29.7 Å². The van der Waals surface area contributed by atoms with Crippen molar-refractivity contribution in [2.24, 2.45) is 0 Å². The van der Waals surface area contributed by atoms with Crippen molar-refractivity contribution >= 4 is 0 Å². The number of hydrogen-bond acceptors (Lipinski definition) is 2. The van der Waals surface area contributed by atoms with Gasteiger partial charge in [0.25, 0.3) is 0 Å². The van der Waals surface area contributed by atoms with E-state index in [1.54, 1.807) is 6.07 Å². The number of nitrogens with zero attached hydrogens (tertiary/aromatic N) is 1. The van der Waals surface area contributed by atoms with Gasteiger partial charge in [-0.05, 0) is 42.9 Å². The summed E-state index contributed by atoms with van der Waals surface area (Å²) in [5.74, 6) is 0.167. The summed E-state index contributed by atoms with van der Waals surface area (Å²) in [5.41, 5.74) is 2.16. The Balaban J connectivity index is 1.96. The summed E-state index contributed by atoms with van der Waals surface area (Å²) in [4.78, 5) is 0. The van der Waals surface area contributed by atoms with Gasteiger partial charge in [0.1, 0.15) is 0 Å². The van der Waals surface area contributed by atoms with Gasteiger partial charge in [-0.3, -0.25) is 0 Å². The minimum absolute atomic E-state index is 0.167. The third kappa shape index (κ3) is 2.37. The molecule has 1 aliphatic carbocycles. The highest BCUT2D eigenvalue weighted by Gasteiger charge is 2.35. The minimum atomic E-state index is -4.46. The number of aryl methyl sites for hydroxylation is 2. The molecule has 0 atom stereocenters. The summed E-state index contributed by atoms with van der Waals surface area (Å²) in [7, 11) is 0. The van der Waals surface area contributed by atoms with E-state index in [0.29, 0.717) is 5.56 Å². The number of aromatic nitrogens is 1. The van der Waals surface area contributed by atoms with Gasteiger partial charge in [0.2, 0.25) is 0 Å². The van der Waals surface area contributed by atoms with Gasteiger partial charge in [-0.15, -0.1) is 0 Å². The van der Waals surface area contributed by atoms with Gasteiger partial charge in [-0.25, -0.2) is 0 Å². The second kappa shape index (κ2) is 4.40. The maximum atomic E-state index is 12.5. The summed E-state index contributed by atoms with van der Waals surface area (Å²) in [6.45, 7) is 0. The Bertz CT molecular complexity index is 601. The van der Waals surface area contributed by atoms with Crippen LogP contribution in [0.4, 0.5) is 13.2 Å². The second-order valence-corrected chi connectivity index (χ2v) is 4.76. The normalized spacial score (nSPS) is 15.3. The minimum Gasteiger partial charge on any atom is -0.356 e. The van der Waals surface area contributed by atoms with Crippen molar-refractivity contribution in [2.75, 3.05) is 0 Å². The fourth-order valence-electron chi connectivity index (χ4n) is 2.43. The molecule has 0 N–H and O–H groups in total. The zero-order valence-electron chi connectivity index (χ0n) is 10.1. The molecule has 5 heteroatoms. The van der Waals surface area contributed by atoms with E-state index in [1.165, 1.54) is 17.5 Å². The molecule has 2 aromatic rings. The summed E-state index contributed by atoms with van der Waals surface area (Å²) in [6.07, 6.45) is -0.146. The lowest BCUT2D eigenvalue weighted by Gasteiger charge is -2.15. The Hall–Kier alpha value is -1.78. The van der Waals surface area contributed by atoms with Crippen molar-refractivity contribution in [3.63, 3.8) is 0 Å². The standard InChI is InChI=1S/C14H12F3NO/c15-14(16,17)13-8-12(19-18-13)11-6-5-9-3-1-2-4-10(9)7-11/h5-8H,1-4H2. The fraction of sp³-hybridized carbons (Fsp3) is 0.357. The number of fused-ring (bicyclic) bond motifs is 1. The first-order valence-corrected chi connectivity index (χ1v) is 6.20. The predicted octanol–water partition coefficient (Wildman–Crippen LogP) is 4.24. The van der Waals surface area contributed by atoms with Crippen LogP contribution in [0.25, 0.3) is 11.3 Å². The van der Waals surface area contributed by atoms with E-state index in [2.05, 4.69) is 5.16 Å². The zero-order chi connectivity index (χ0) is 13.5. The number of alkyl halides is 3. The molecule has 0 amide bonds. The molecule has 0 fully saturated rings. The molecule has 1 aliphatic rings. The van der Waals surface area contributed by atoms with E-state index in [-0.39, 0.29) is 5.76 Å². The van der Waals surface area contributed by atoms with Crippen LogP contribution in [-0.2, 0) is 19.0 Å². The Morgan fingerprint density at radius 2 is 1.74 bits per heavy atom. The molecule has 0 saturated heterocycles.